The van der Waals surface area contributed by atoms with Crippen molar-refractivity contribution in [3.05, 3.63) is 90.0 Å². The largest absolute Gasteiger partial charge is 0.497 e. The second-order valence-electron chi connectivity index (χ2n) is 6.16. The van der Waals surface area contributed by atoms with Gasteiger partial charge in [0.15, 0.2) is 6.10 Å². The molecule has 1 aliphatic heterocycles. The number of benzene rings is 3. The Bertz CT molecular complexity index is 906. The molecule has 0 aromatic heterocycles. The van der Waals surface area contributed by atoms with Gasteiger partial charge in [0.05, 0.1) is 13.2 Å². The van der Waals surface area contributed by atoms with Crippen LogP contribution in [0, 0.1) is 0 Å². The first kappa shape index (κ1) is 16.2. The van der Waals surface area contributed by atoms with Crippen LogP contribution in [-0.2, 0) is 0 Å². The summed E-state index contributed by atoms with van der Waals surface area (Å²) in [4.78, 5) is 13.1. The molecular weight excluding hydrogens is 326 g/mol. The van der Waals surface area contributed by atoms with E-state index in [0.717, 1.165) is 22.7 Å². The number of hydrogen-bond donors (Lipinski definition) is 1. The van der Waals surface area contributed by atoms with E-state index in [0.29, 0.717) is 5.56 Å². The Kier molecular flexibility index (Phi) is 4.32. The van der Waals surface area contributed by atoms with Crippen molar-refractivity contribution in [2.24, 2.45) is 0 Å². The summed E-state index contributed by atoms with van der Waals surface area (Å²) in [6.07, 6.45) is -0.624. The van der Waals surface area contributed by atoms with E-state index in [1.165, 1.54) is 0 Å². The maximum absolute atomic E-state index is 13.1. The number of hydrogen-bond acceptors (Lipinski definition) is 4. The normalized spacial score (nSPS) is 17.9. The summed E-state index contributed by atoms with van der Waals surface area (Å²) >= 11 is 0. The molecule has 26 heavy (non-hydrogen) atoms. The summed E-state index contributed by atoms with van der Waals surface area (Å²) in [5.74, 6) is 1.40. The zero-order valence-electron chi connectivity index (χ0n) is 14.4. The lowest BCUT2D eigenvalue weighted by Gasteiger charge is -2.20. The van der Waals surface area contributed by atoms with Crippen LogP contribution in [0.15, 0.2) is 78.9 Å². The number of carbonyl (C=O) groups excluding carboxylic acids is 1. The Balaban J connectivity index is 1.66. The highest BCUT2D eigenvalue weighted by Crippen LogP contribution is 2.39. The number of methoxy groups -OCH3 is 1. The summed E-state index contributed by atoms with van der Waals surface area (Å²) < 4.78 is 11.2. The molecular formula is C22H19NO3. The molecule has 0 amide bonds. The average Bonchev–Trinajstić information content (AvgIpc) is 3.07. The first-order chi connectivity index (χ1) is 12.8. The van der Waals surface area contributed by atoms with Crippen molar-refractivity contribution < 1.29 is 14.3 Å². The predicted octanol–water partition coefficient (Wildman–Crippen LogP) is 4.49. The minimum Gasteiger partial charge on any atom is -0.497 e. The highest BCUT2D eigenvalue weighted by molar-refractivity contribution is 6.01. The molecule has 0 radical (unpaired) electrons. The lowest BCUT2D eigenvalue weighted by atomic mass is 9.96. The SMILES string of the molecule is COc1ccc(C(=O)C2Oc3ccccc3C2Nc2ccccc2)cc1. The van der Waals surface area contributed by atoms with Gasteiger partial charge in [-0.15, -0.1) is 0 Å². The molecule has 0 aliphatic carbocycles. The Labute approximate surface area is 152 Å². The molecule has 4 heteroatoms. The number of ketones is 1. The maximum Gasteiger partial charge on any atom is 0.205 e. The van der Waals surface area contributed by atoms with Crippen molar-refractivity contribution >= 4 is 11.5 Å². The fraction of sp³-hybridized carbons (Fsp3) is 0.136. The van der Waals surface area contributed by atoms with E-state index in [2.05, 4.69) is 5.32 Å². The van der Waals surface area contributed by atoms with Gasteiger partial charge in [-0.05, 0) is 42.5 Å². The molecule has 4 nitrogen and oxygen atoms in total. The van der Waals surface area contributed by atoms with Crippen LogP contribution >= 0.6 is 0 Å². The maximum atomic E-state index is 13.1. The van der Waals surface area contributed by atoms with Gasteiger partial charge in [-0.25, -0.2) is 0 Å². The molecule has 2 unspecified atom stereocenters. The molecule has 1 aliphatic rings. The van der Waals surface area contributed by atoms with Crippen molar-refractivity contribution in [2.45, 2.75) is 12.1 Å². The van der Waals surface area contributed by atoms with E-state index >= 15 is 0 Å². The van der Waals surface area contributed by atoms with Gasteiger partial charge in [-0.3, -0.25) is 4.79 Å². The number of rotatable bonds is 5. The third-order valence-corrected chi connectivity index (χ3v) is 4.54. The van der Waals surface area contributed by atoms with Gasteiger partial charge < -0.3 is 14.8 Å². The van der Waals surface area contributed by atoms with Crippen LogP contribution in [0.4, 0.5) is 5.69 Å². The molecule has 130 valence electrons. The van der Waals surface area contributed by atoms with Gasteiger partial charge in [-0.2, -0.15) is 0 Å². The smallest absolute Gasteiger partial charge is 0.205 e. The standard InChI is InChI=1S/C22H19NO3/c1-25-17-13-11-15(12-14-17)21(24)22-20(23-16-7-3-2-4-8-16)18-9-5-6-10-19(18)26-22/h2-14,20,22-23H,1H3. The molecule has 0 spiro atoms. The van der Waals surface area contributed by atoms with E-state index in [-0.39, 0.29) is 11.8 Å². The zero-order valence-corrected chi connectivity index (χ0v) is 14.4. The Morgan fingerprint density at radius 2 is 1.62 bits per heavy atom. The van der Waals surface area contributed by atoms with E-state index in [1.54, 1.807) is 31.4 Å². The number of Topliss-reactive ketones (excluding diaryl/α,β-unsaturated/α-hetero) is 1. The Morgan fingerprint density at radius 1 is 0.923 bits per heavy atom. The van der Waals surface area contributed by atoms with E-state index in [4.69, 9.17) is 9.47 Å². The molecule has 3 aromatic rings. The summed E-state index contributed by atoms with van der Waals surface area (Å²) in [6.45, 7) is 0. The molecule has 1 heterocycles. The second kappa shape index (κ2) is 6.92. The van der Waals surface area contributed by atoms with Crippen molar-refractivity contribution in [2.75, 3.05) is 12.4 Å². The first-order valence-electron chi connectivity index (χ1n) is 8.52. The number of ether oxygens (including phenoxy) is 2. The monoisotopic (exact) mass is 345 g/mol. The number of carbonyl (C=O) groups is 1. The summed E-state index contributed by atoms with van der Waals surface area (Å²) in [7, 11) is 1.60. The lowest BCUT2D eigenvalue weighted by molar-refractivity contribution is 0.0802. The molecule has 4 rings (SSSR count). The quantitative estimate of drug-likeness (QED) is 0.692. The minimum absolute atomic E-state index is 0.0581. The van der Waals surface area contributed by atoms with Gasteiger partial charge in [-0.1, -0.05) is 36.4 Å². The molecule has 1 N–H and O–H groups in total. The fourth-order valence-electron chi connectivity index (χ4n) is 3.20. The van der Waals surface area contributed by atoms with Crippen molar-refractivity contribution in [1.29, 1.82) is 0 Å². The molecule has 0 fully saturated rings. The van der Waals surface area contributed by atoms with Gasteiger partial charge in [0.25, 0.3) is 0 Å². The number of nitrogens with one attached hydrogen (secondary N) is 1. The number of para-hydroxylation sites is 2. The van der Waals surface area contributed by atoms with Gasteiger partial charge >= 0.3 is 0 Å². The van der Waals surface area contributed by atoms with Crippen molar-refractivity contribution in [3.8, 4) is 11.5 Å². The highest BCUT2D eigenvalue weighted by Gasteiger charge is 2.39. The topological polar surface area (TPSA) is 47.6 Å². The van der Waals surface area contributed by atoms with Crippen LogP contribution in [0.1, 0.15) is 22.0 Å². The summed E-state index contributed by atoms with van der Waals surface area (Å²) in [6, 6.07) is 24.5. The lowest BCUT2D eigenvalue weighted by Crippen LogP contribution is -2.33. The second-order valence-corrected chi connectivity index (χ2v) is 6.16. The van der Waals surface area contributed by atoms with Gasteiger partial charge in [0, 0.05) is 16.8 Å². The molecule has 0 saturated heterocycles. The van der Waals surface area contributed by atoms with Crippen LogP contribution in [-0.4, -0.2) is 19.0 Å². The van der Waals surface area contributed by atoms with E-state index in [1.807, 2.05) is 54.6 Å². The predicted molar refractivity (Wildman–Crippen MR) is 101 cm³/mol. The van der Waals surface area contributed by atoms with Crippen molar-refractivity contribution in [1.82, 2.24) is 0 Å². The zero-order chi connectivity index (χ0) is 17.9. The van der Waals surface area contributed by atoms with Crippen LogP contribution in [0.2, 0.25) is 0 Å². The third-order valence-electron chi connectivity index (χ3n) is 4.54. The minimum atomic E-state index is -0.624. The van der Waals surface area contributed by atoms with Gasteiger partial charge in [0.2, 0.25) is 5.78 Å². The van der Waals surface area contributed by atoms with E-state index in [9.17, 15) is 4.79 Å². The molecule has 3 aromatic carbocycles. The number of fused-ring (bicyclic) bond motifs is 1. The Morgan fingerprint density at radius 3 is 2.35 bits per heavy atom. The third kappa shape index (κ3) is 3.02. The first-order valence-corrected chi connectivity index (χ1v) is 8.52. The van der Waals surface area contributed by atoms with E-state index < -0.39 is 6.10 Å². The molecule has 2 atom stereocenters. The van der Waals surface area contributed by atoms with Crippen LogP contribution in [0.25, 0.3) is 0 Å². The number of anilines is 1. The van der Waals surface area contributed by atoms with Gasteiger partial charge in [0.1, 0.15) is 11.5 Å². The summed E-state index contributed by atoms with van der Waals surface area (Å²) in [5.41, 5.74) is 2.54. The molecule has 0 bridgehead atoms. The fourth-order valence-corrected chi connectivity index (χ4v) is 3.20. The van der Waals surface area contributed by atoms with Crippen LogP contribution in [0.5, 0.6) is 11.5 Å². The van der Waals surface area contributed by atoms with Crippen LogP contribution < -0.4 is 14.8 Å². The average molecular weight is 345 g/mol. The Hall–Kier alpha value is -3.27. The molecule has 0 saturated carbocycles. The summed E-state index contributed by atoms with van der Waals surface area (Å²) in [5, 5.41) is 3.45. The highest BCUT2D eigenvalue weighted by atomic mass is 16.5. The van der Waals surface area contributed by atoms with Crippen LogP contribution in [0.3, 0.4) is 0 Å². The van der Waals surface area contributed by atoms with Crippen molar-refractivity contribution in [3.63, 3.8) is 0 Å².